The van der Waals surface area contributed by atoms with E-state index >= 15 is 0 Å². The first-order chi connectivity index (χ1) is 14.0. The molecule has 1 aliphatic heterocycles. The Hall–Kier alpha value is -3.15. The van der Waals surface area contributed by atoms with Crippen molar-refractivity contribution in [2.24, 2.45) is 0 Å². The zero-order valence-corrected chi connectivity index (χ0v) is 16.8. The lowest BCUT2D eigenvalue weighted by molar-refractivity contribution is -0.116. The van der Waals surface area contributed by atoms with Gasteiger partial charge in [-0.25, -0.2) is 0 Å². The Bertz CT molecular complexity index is 855. The molecule has 29 heavy (non-hydrogen) atoms. The van der Waals surface area contributed by atoms with E-state index in [1.54, 1.807) is 24.3 Å². The van der Waals surface area contributed by atoms with Gasteiger partial charge in [0.25, 0.3) is 11.8 Å². The summed E-state index contributed by atoms with van der Waals surface area (Å²) in [5.41, 5.74) is 1.68. The summed E-state index contributed by atoms with van der Waals surface area (Å²) in [6, 6.07) is 14.2. The number of carbonyl (C=O) groups excluding carboxylic acids is 3. The van der Waals surface area contributed by atoms with Crippen LogP contribution in [0.15, 0.2) is 48.5 Å². The van der Waals surface area contributed by atoms with Crippen molar-refractivity contribution in [3.63, 3.8) is 0 Å². The molecule has 0 saturated heterocycles. The van der Waals surface area contributed by atoms with Crippen LogP contribution in [0.2, 0.25) is 0 Å². The number of hydrogen-bond donors (Lipinski definition) is 1. The molecule has 6 nitrogen and oxygen atoms in total. The summed E-state index contributed by atoms with van der Waals surface area (Å²) < 4.78 is 5.58. The lowest BCUT2D eigenvalue weighted by atomic mass is 10.1. The minimum atomic E-state index is -0.228. The van der Waals surface area contributed by atoms with Crippen LogP contribution in [0.1, 0.15) is 60.2 Å². The number of benzene rings is 2. The van der Waals surface area contributed by atoms with Gasteiger partial charge < -0.3 is 10.1 Å². The third-order valence-corrected chi connectivity index (χ3v) is 4.67. The van der Waals surface area contributed by atoms with E-state index < -0.39 is 0 Å². The van der Waals surface area contributed by atoms with Crippen molar-refractivity contribution in [1.29, 1.82) is 0 Å². The van der Waals surface area contributed by atoms with Crippen LogP contribution in [0.4, 0.5) is 5.69 Å². The number of rotatable bonds is 9. The molecule has 1 aliphatic rings. The zero-order chi connectivity index (χ0) is 20.8. The molecule has 2 aromatic rings. The molecule has 0 atom stereocenters. The van der Waals surface area contributed by atoms with E-state index in [4.69, 9.17) is 4.74 Å². The predicted molar refractivity (Wildman–Crippen MR) is 111 cm³/mol. The van der Waals surface area contributed by atoms with Gasteiger partial charge in [-0.2, -0.15) is 0 Å². The van der Waals surface area contributed by atoms with Crippen molar-refractivity contribution < 1.29 is 19.1 Å². The van der Waals surface area contributed by atoms with Gasteiger partial charge in [0.05, 0.1) is 17.2 Å². The maximum atomic E-state index is 12.3. The van der Waals surface area contributed by atoms with Crippen LogP contribution in [0.3, 0.4) is 0 Å². The van der Waals surface area contributed by atoms with E-state index in [2.05, 4.69) is 5.32 Å². The van der Waals surface area contributed by atoms with Gasteiger partial charge in [0, 0.05) is 18.7 Å². The SMILES string of the molecule is CC(C)Oc1ccc(NC(=O)CCCCCN2C(=O)c3ccccc3C2=O)cc1. The number of unbranched alkanes of at least 4 members (excludes halogenated alkanes) is 2. The number of amides is 3. The summed E-state index contributed by atoms with van der Waals surface area (Å²) in [5, 5.41) is 2.87. The second-order valence-electron chi connectivity index (χ2n) is 7.36. The molecule has 1 heterocycles. The molecule has 3 amide bonds. The van der Waals surface area contributed by atoms with E-state index in [1.165, 1.54) is 4.90 Å². The zero-order valence-electron chi connectivity index (χ0n) is 16.8. The van der Waals surface area contributed by atoms with Crippen LogP contribution >= 0.6 is 0 Å². The minimum absolute atomic E-state index is 0.0525. The van der Waals surface area contributed by atoms with Crippen LogP contribution in [0, 0.1) is 0 Å². The highest BCUT2D eigenvalue weighted by Crippen LogP contribution is 2.23. The summed E-state index contributed by atoms with van der Waals surface area (Å²) in [5.74, 6) is 0.260. The van der Waals surface area contributed by atoms with E-state index in [9.17, 15) is 14.4 Å². The monoisotopic (exact) mass is 394 g/mol. The average Bonchev–Trinajstić information content (AvgIpc) is 2.94. The summed E-state index contributed by atoms with van der Waals surface area (Å²) >= 11 is 0. The van der Waals surface area contributed by atoms with E-state index in [0.717, 1.165) is 17.9 Å². The fourth-order valence-corrected chi connectivity index (χ4v) is 3.29. The van der Waals surface area contributed by atoms with Crippen molar-refractivity contribution in [2.45, 2.75) is 45.6 Å². The molecule has 2 aromatic carbocycles. The topological polar surface area (TPSA) is 75.7 Å². The number of nitrogens with one attached hydrogen (secondary N) is 1. The number of fused-ring (bicyclic) bond motifs is 1. The average molecular weight is 394 g/mol. The fraction of sp³-hybridized carbons (Fsp3) is 0.348. The molecule has 0 aromatic heterocycles. The molecule has 0 saturated carbocycles. The number of carbonyl (C=O) groups is 3. The second-order valence-corrected chi connectivity index (χ2v) is 7.36. The molecule has 0 bridgehead atoms. The van der Waals surface area contributed by atoms with Gasteiger partial charge in [0.2, 0.25) is 5.91 Å². The van der Waals surface area contributed by atoms with Gasteiger partial charge in [-0.1, -0.05) is 18.6 Å². The van der Waals surface area contributed by atoms with Gasteiger partial charge in [-0.15, -0.1) is 0 Å². The largest absolute Gasteiger partial charge is 0.491 e. The quantitative estimate of drug-likeness (QED) is 0.509. The smallest absolute Gasteiger partial charge is 0.261 e. The van der Waals surface area contributed by atoms with Gasteiger partial charge in [-0.05, 0) is 63.1 Å². The minimum Gasteiger partial charge on any atom is -0.491 e. The normalized spacial score (nSPS) is 13.0. The number of ether oxygens (including phenoxy) is 1. The molecular formula is C23H26N2O4. The Labute approximate surface area is 170 Å². The van der Waals surface area contributed by atoms with Crippen molar-refractivity contribution >= 4 is 23.4 Å². The van der Waals surface area contributed by atoms with Crippen molar-refractivity contribution in [3.8, 4) is 5.75 Å². The standard InChI is InChI=1S/C23H26N2O4/c1-16(2)29-18-13-11-17(12-14-18)24-21(26)10-4-3-7-15-25-22(27)19-8-5-6-9-20(19)23(25)28/h5-6,8-9,11-14,16H,3-4,7,10,15H2,1-2H3,(H,24,26). The number of imide groups is 1. The fourth-order valence-electron chi connectivity index (χ4n) is 3.29. The molecule has 0 radical (unpaired) electrons. The van der Waals surface area contributed by atoms with Gasteiger partial charge in [0.1, 0.15) is 5.75 Å². The van der Waals surface area contributed by atoms with E-state index in [-0.39, 0.29) is 23.8 Å². The summed E-state index contributed by atoms with van der Waals surface area (Å²) in [6.45, 7) is 4.30. The number of anilines is 1. The number of nitrogens with zero attached hydrogens (tertiary/aromatic N) is 1. The predicted octanol–water partition coefficient (Wildman–Crippen LogP) is 4.27. The van der Waals surface area contributed by atoms with Crippen molar-refractivity contribution in [2.75, 3.05) is 11.9 Å². The van der Waals surface area contributed by atoms with Crippen LogP contribution < -0.4 is 10.1 Å². The Morgan fingerprint density at radius 1 is 0.931 bits per heavy atom. The molecule has 0 spiro atoms. The third-order valence-electron chi connectivity index (χ3n) is 4.67. The van der Waals surface area contributed by atoms with Crippen LogP contribution in [-0.2, 0) is 4.79 Å². The lowest BCUT2D eigenvalue weighted by Crippen LogP contribution is -2.30. The first-order valence-electron chi connectivity index (χ1n) is 9.97. The molecule has 0 unspecified atom stereocenters. The summed E-state index contributed by atoms with van der Waals surface area (Å²) in [7, 11) is 0. The molecule has 152 valence electrons. The second kappa shape index (κ2) is 9.37. The lowest BCUT2D eigenvalue weighted by Gasteiger charge is -2.13. The van der Waals surface area contributed by atoms with Gasteiger partial charge in [-0.3, -0.25) is 19.3 Å². The highest BCUT2D eigenvalue weighted by Gasteiger charge is 2.34. The Morgan fingerprint density at radius 2 is 1.55 bits per heavy atom. The molecule has 6 heteroatoms. The van der Waals surface area contributed by atoms with E-state index in [1.807, 2.05) is 38.1 Å². The molecule has 0 aliphatic carbocycles. The van der Waals surface area contributed by atoms with Crippen LogP contribution in [0.25, 0.3) is 0 Å². The van der Waals surface area contributed by atoms with Crippen molar-refractivity contribution in [3.05, 3.63) is 59.7 Å². The van der Waals surface area contributed by atoms with Crippen LogP contribution in [-0.4, -0.2) is 35.3 Å². The Kier molecular flexibility index (Phi) is 6.65. The molecule has 0 fully saturated rings. The Morgan fingerprint density at radius 3 is 2.14 bits per heavy atom. The number of hydrogen-bond acceptors (Lipinski definition) is 4. The van der Waals surface area contributed by atoms with E-state index in [0.29, 0.717) is 36.9 Å². The first-order valence-corrected chi connectivity index (χ1v) is 9.97. The molecular weight excluding hydrogens is 368 g/mol. The Balaban J connectivity index is 1.36. The van der Waals surface area contributed by atoms with Gasteiger partial charge >= 0.3 is 0 Å². The maximum absolute atomic E-state index is 12.3. The maximum Gasteiger partial charge on any atom is 0.261 e. The third kappa shape index (κ3) is 5.22. The first kappa shape index (κ1) is 20.6. The molecule has 3 rings (SSSR count). The highest BCUT2D eigenvalue weighted by molar-refractivity contribution is 6.21. The van der Waals surface area contributed by atoms with Gasteiger partial charge in [0.15, 0.2) is 0 Å². The van der Waals surface area contributed by atoms with Crippen molar-refractivity contribution in [1.82, 2.24) is 4.90 Å². The van der Waals surface area contributed by atoms with Crippen LogP contribution in [0.5, 0.6) is 5.75 Å². The molecule has 1 N–H and O–H groups in total. The highest BCUT2D eigenvalue weighted by atomic mass is 16.5. The summed E-state index contributed by atoms with van der Waals surface area (Å²) in [6.07, 6.45) is 2.65. The summed E-state index contributed by atoms with van der Waals surface area (Å²) in [4.78, 5) is 38.0.